The van der Waals surface area contributed by atoms with Gasteiger partial charge < -0.3 is 15.0 Å². The largest absolute Gasteiger partial charge is 0.452 e. The Morgan fingerprint density at radius 2 is 1.78 bits per heavy atom. The minimum atomic E-state index is -0.677. The lowest BCUT2D eigenvalue weighted by Crippen LogP contribution is -2.41. The summed E-state index contributed by atoms with van der Waals surface area (Å²) in [5.74, 6) is -1.29. The Morgan fingerprint density at radius 1 is 1.13 bits per heavy atom. The molecule has 122 valence electrons. The van der Waals surface area contributed by atoms with Gasteiger partial charge in [-0.05, 0) is 31.2 Å². The van der Waals surface area contributed by atoms with Crippen molar-refractivity contribution in [3.05, 3.63) is 42.0 Å². The van der Waals surface area contributed by atoms with Crippen LogP contribution in [0.1, 0.15) is 17.3 Å². The Bertz CT molecular complexity index is 602. The number of nitrogens with zero attached hydrogens (tertiary/aromatic N) is 1. The van der Waals surface area contributed by atoms with Gasteiger partial charge in [0.05, 0.1) is 5.56 Å². The first-order valence-electron chi connectivity index (χ1n) is 7.35. The van der Waals surface area contributed by atoms with E-state index < -0.39 is 24.5 Å². The summed E-state index contributed by atoms with van der Waals surface area (Å²) in [7, 11) is 0. The van der Waals surface area contributed by atoms with Gasteiger partial charge in [-0.1, -0.05) is 12.2 Å². The van der Waals surface area contributed by atoms with Crippen molar-refractivity contribution >= 4 is 23.6 Å². The maximum Gasteiger partial charge on any atom is 0.338 e. The summed E-state index contributed by atoms with van der Waals surface area (Å²) in [6, 6.07) is 6.35. The van der Waals surface area contributed by atoms with Crippen molar-refractivity contribution in [1.82, 2.24) is 10.6 Å². The lowest BCUT2D eigenvalue weighted by molar-refractivity contribution is -0.123. The topological polar surface area (TPSA) is 87.7 Å². The van der Waals surface area contributed by atoms with E-state index in [2.05, 4.69) is 27.7 Å². The van der Waals surface area contributed by atoms with Gasteiger partial charge in [0.15, 0.2) is 6.61 Å². The Kier molecular flexibility index (Phi) is 5.74. The van der Waals surface area contributed by atoms with Gasteiger partial charge in [-0.25, -0.2) is 9.59 Å². The van der Waals surface area contributed by atoms with Gasteiger partial charge in [0, 0.05) is 25.3 Å². The van der Waals surface area contributed by atoms with Crippen LogP contribution in [-0.2, 0) is 9.53 Å². The Balaban J connectivity index is 1.81. The number of amides is 3. The van der Waals surface area contributed by atoms with Crippen LogP contribution < -0.4 is 15.5 Å². The summed E-state index contributed by atoms with van der Waals surface area (Å²) in [6.45, 7) is 3.32. The first kappa shape index (κ1) is 16.5. The summed E-state index contributed by atoms with van der Waals surface area (Å²) < 4.78 is 4.88. The zero-order valence-corrected chi connectivity index (χ0v) is 12.9. The van der Waals surface area contributed by atoms with E-state index in [9.17, 15) is 14.4 Å². The van der Waals surface area contributed by atoms with E-state index in [4.69, 9.17) is 4.74 Å². The molecule has 1 aliphatic heterocycles. The molecule has 0 bridgehead atoms. The van der Waals surface area contributed by atoms with Crippen molar-refractivity contribution in [2.24, 2.45) is 0 Å². The molecule has 0 saturated carbocycles. The Hall–Kier alpha value is -2.83. The van der Waals surface area contributed by atoms with Gasteiger partial charge >= 0.3 is 12.0 Å². The minimum Gasteiger partial charge on any atom is -0.452 e. The highest BCUT2D eigenvalue weighted by Crippen LogP contribution is 2.17. The summed E-state index contributed by atoms with van der Waals surface area (Å²) >= 11 is 0. The van der Waals surface area contributed by atoms with Gasteiger partial charge in [-0.15, -0.1) is 0 Å². The molecule has 0 aliphatic carbocycles. The number of benzene rings is 1. The van der Waals surface area contributed by atoms with E-state index in [0.717, 1.165) is 18.8 Å². The zero-order valence-electron chi connectivity index (χ0n) is 12.9. The van der Waals surface area contributed by atoms with Crippen molar-refractivity contribution < 1.29 is 19.1 Å². The van der Waals surface area contributed by atoms with Crippen molar-refractivity contribution in [2.75, 3.05) is 31.1 Å². The number of ether oxygens (including phenoxy) is 1. The van der Waals surface area contributed by atoms with Crippen LogP contribution in [0.2, 0.25) is 0 Å². The number of urea groups is 1. The van der Waals surface area contributed by atoms with Crippen molar-refractivity contribution in [2.45, 2.75) is 6.92 Å². The molecule has 3 amide bonds. The van der Waals surface area contributed by atoms with Gasteiger partial charge in [0.1, 0.15) is 0 Å². The highest BCUT2D eigenvalue weighted by Gasteiger charge is 2.13. The zero-order chi connectivity index (χ0) is 16.7. The number of hydrogen-bond acceptors (Lipinski definition) is 5. The van der Waals surface area contributed by atoms with E-state index >= 15 is 0 Å². The smallest absolute Gasteiger partial charge is 0.338 e. The number of esters is 1. The van der Waals surface area contributed by atoms with Crippen LogP contribution in [-0.4, -0.2) is 44.1 Å². The Morgan fingerprint density at radius 3 is 2.39 bits per heavy atom. The molecule has 0 unspecified atom stereocenters. The molecule has 2 N–H and O–H groups in total. The molecular formula is C16H19N3O4. The summed E-state index contributed by atoms with van der Waals surface area (Å²) in [4.78, 5) is 36.6. The lowest BCUT2D eigenvalue weighted by atomic mass is 10.2. The third-order valence-corrected chi connectivity index (χ3v) is 3.21. The van der Waals surface area contributed by atoms with E-state index in [1.807, 2.05) is 12.1 Å². The van der Waals surface area contributed by atoms with E-state index in [1.165, 1.54) is 0 Å². The predicted molar refractivity (Wildman–Crippen MR) is 85.3 cm³/mol. The molecule has 0 spiro atoms. The van der Waals surface area contributed by atoms with Crippen LogP contribution in [0.25, 0.3) is 0 Å². The highest BCUT2D eigenvalue weighted by atomic mass is 16.5. The Labute approximate surface area is 134 Å². The molecular weight excluding hydrogens is 298 g/mol. The molecule has 23 heavy (non-hydrogen) atoms. The molecule has 1 aromatic carbocycles. The molecule has 1 aliphatic rings. The summed E-state index contributed by atoms with van der Waals surface area (Å²) in [5.41, 5.74) is 1.37. The van der Waals surface area contributed by atoms with Gasteiger partial charge in [0.2, 0.25) is 0 Å². The fourth-order valence-electron chi connectivity index (χ4n) is 2.08. The minimum absolute atomic E-state index is 0.353. The molecule has 1 heterocycles. The first-order valence-corrected chi connectivity index (χ1v) is 7.35. The van der Waals surface area contributed by atoms with Crippen LogP contribution in [0.4, 0.5) is 10.5 Å². The second-order valence-corrected chi connectivity index (χ2v) is 4.91. The molecule has 7 nitrogen and oxygen atoms in total. The molecule has 0 aromatic heterocycles. The number of anilines is 1. The van der Waals surface area contributed by atoms with Crippen LogP contribution >= 0.6 is 0 Å². The molecule has 0 radical (unpaired) electrons. The summed E-state index contributed by atoms with van der Waals surface area (Å²) in [5, 5.41) is 4.46. The number of carbonyl (C=O) groups excluding carboxylic acids is 3. The molecule has 0 fully saturated rings. The summed E-state index contributed by atoms with van der Waals surface area (Å²) in [6.07, 6.45) is 4.16. The monoisotopic (exact) mass is 317 g/mol. The average molecular weight is 317 g/mol. The molecule has 1 aromatic rings. The van der Waals surface area contributed by atoms with Crippen LogP contribution in [0.15, 0.2) is 36.4 Å². The number of hydrogen-bond donors (Lipinski definition) is 2. The number of carbonyl (C=O) groups is 3. The van der Waals surface area contributed by atoms with E-state index in [0.29, 0.717) is 12.1 Å². The average Bonchev–Trinajstić information content (AvgIpc) is 3.07. The quantitative estimate of drug-likeness (QED) is 0.626. The van der Waals surface area contributed by atoms with Crippen molar-refractivity contribution in [1.29, 1.82) is 0 Å². The predicted octanol–water partition coefficient (Wildman–Crippen LogP) is 1.07. The second kappa shape index (κ2) is 7.98. The highest BCUT2D eigenvalue weighted by molar-refractivity contribution is 5.97. The number of nitrogens with one attached hydrogen (secondary N) is 2. The van der Waals surface area contributed by atoms with Crippen molar-refractivity contribution in [3.8, 4) is 0 Å². The van der Waals surface area contributed by atoms with Gasteiger partial charge in [-0.3, -0.25) is 10.1 Å². The molecule has 2 rings (SSSR count). The number of imide groups is 1. The molecule has 7 heteroatoms. The van der Waals surface area contributed by atoms with Crippen LogP contribution in [0.5, 0.6) is 0 Å². The van der Waals surface area contributed by atoms with E-state index in [1.54, 1.807) is 19.1 Å². The molecule has 0 saturated heterocycles. The van der Waals surface area contributed by atoms with Gasteiger partial charge in [0.25, 0.3) is 5.91 Å². The fourth-order valence-corrected chi connectivity index (χ4v) is 2.08. The fraction of sp³-hybridized carbons (Fsp3) is 0.312. The van der Waals surface area contributed by atoms with Crippen LogP contribution in [0.3, 0.4) is 0 Å². The van der Waals surface area contributed by atoms with E-state index in [-0.39, 0.29) is 0 Å². The van der Waals surface area contributed by atoms with Crippen molar-refractivity contribution in [3.63, 3.8) is 0 Å². The lowest BCUT2D eigenvalue weighted by Gasteiger charge is -2.17. The normalized spacial score (nSPS) is 12.8. The SMILES string of the molecule is CCNC(=O)NC(=O)COC(=O)c1ccc(N2CC=CC2)cc1. The maximum atomic E-state index is 11.9. The first-order chi connectivity index (χ1) is 11.1. The van der Waals surface area contributed by atoms with Crippen LogP contribution in [0, 0.1) is 0 Å². The third kappa shape index (κ3) is 4.84. The standard InChI is InChI=1S/C16H19N3O4/c1-2-17-16(22)18-14(20)11-23-15(21)12-5-7-13(8-6-12)19-9-3-4-10-19/h3-8H,2,9-11H2,1H3,(H2,17,18,20,22). The maximum absolute atomic E-state index is 11.9. The number of rotatable bonds is 5. The van der Waals surface area contributed by atoms with Gasteiger partial charge in [-0.2, -0.15) is 0 Å². The second-order valence-electron chi connectivity index (χ2n) is 4.91. The molecule has 0 atom stereocenters. The third-order valence-electron chi connectivity index (χ3n) is 3.21.